The fourth-order valence-electron chi connectivity index (χ4n) is 1.01. The summed E-state index contributed by atoms with van der Waals surface area (Å²) < 4.78 is 108. The first-order chi connectivity index (χ1) is 8.66. The van der Waals surface area contributed by atoms with Gasteiger partial charge in [0.2, 0.25) is 0 Å². The molecule has 0 atom stereocenters. The van der Waals surface area contributed by atoms with E-state index in [1.165, 1.54) is 5.92 Å². The van der Waals surface area contributed by atoms with Gasteiger partial charge in [0.15, 0.2) is 0 Å². The summed E-state index contributed by atoms with van der Waals surface area (Å²) in [5.41, 5.74) is -5.41. The molecule has 0 fully saturated rings. The first-order valence-electron chi connectivity index (χ1n) is 4.40. The topological polar surface area (TPSA) is 80.7 Å². The number of carbonyl (C=O) groups is 1. The van der Waals surface area contributed by atoms with Crippen molar-refractivity contribution >= 4 is 16.1 Å². The summed E-state index contributed by atoms with van der Waals surface area (Å²) in [6.45, 7) is 0.924. The van der Waals surface area contributed by atoms with E-state index in [9.17, 15) is 39.6 Å². The van der Waals surface area contributed by atoms with E-state index in [1.807, 2.05) is 0 Å². The second-order valence-corrected chi connectivity index (χ2v) is 4.77. The summed E-state index contributed by atoms with van der Waals surface area (Å²) in [5, 5.41) is 0. The van der Waals surface area contributed by atoms with E-state index in [-0.39, 0.29) is 0 Å². The summed E-state index contributed by atoms with van der Waals surface area (Å²) in [7, 11) is -5.77. The van der Waals surface area contributed by atoms with Crippen LogP contribution in [0, 0.1) is 11.8 Å². The first-order valence-corrected chi connectivity index (χ1v) is 6.01. The molecule has 0 aliphatic heterocycles. The van der Waals surface area contributed by atoms with Crippen LogP contribution in [-0.2, 0) is 19.6 Å². The SMILES string of the molecule is CC#CC(=O)OC(CS(=O)(=O)O)(C(F)(F)F)C(F)(F)F. The molecule has 0 spiro atoms. The van der Waals surface area contributed by atoms with Gasteiger partial charge in [0.1, 0.15) is 5.75 Å². The number of esters is 1. The molecule has 0 heterocycles. The smallest absolute Gasteiger partial charge is 0.429 e. The molecule has 0 amide bonds. The zero-order chi connectivity index (χ0) is 16.4. The van der Waals surface area contributed by atoms with Crippen molar-refractivity contribution in [3.63, 3.8) is 0 Å². The molecule has 20 heavy (non-hydrogen) atoms. The van der Waals surface area contributed by atoms with E-state index in [0.29, 0.717) is 0 Å². The second kappa shape index (κ2) is 5.49. The summed E-state index contributed by atoms with van der Waals surface area (Å²) in [6.07, 6.45) is -12.7. The molecular weight excluding hydrogens is 322 g/mol. The van der Waals surface area contributed by atoms with E-state index in [1.54, 1.807) is 5.92 Å². The Kier molecular flexibility index (Phi) is 5.08. The highest BCUT2D eigenvalue weighted by molar-refractivity contribution is 7.85. The molecule has 0 rings (SSSR count). The maximum atomic E-state index is 12.6. The van der Waals surface area contributed by atoms with Gasteiger partial charge in [-0.25, -0.2) is 4.79 Å². The van der Waals surface area contributed by atoms with Crippen molar-refractivity contribution in [2.45, 2.75) is 24.9 Å². The molecule has 0 bridgehead atoms. The standard InChI is InChI=1S/C8H6F6O5S/c1-2-3-5(15)19-6(7(9,10)11,8(12,13)14)4-20(16,17)18/h4H2,1H3,(H,16,17,18). The van der Waals surface area contributed by atoms with Gasteiger partial charge in [-0.15, -0.1) is 0 Å². The van der Waals surface area contributed by atoms with Crippen LogP contribution in [0.25, 0.3) is 0 Å². The van der Waals surface area contributed by atoms with Crippen molar-refractivity contribution in [2.75, 3.05) is 5.75 Å². The minimum Gasteiger partial charge on any atom is -0.429 e. The van der Waals surface area contributed by atoms with Gasteiger partial charge in [-0.1, -0.05) is 5.92 Å². The molecule has 0 unspecified atom stereocenters. The van der Waals surface area contributed by atoms with Crippen LogP contribution in [0.1, 0.15) is 6.92 Å². The van der Waals surface area contributed by atoms with Gasteiger partial charge in [-0.05, 0) is 6.92 Å². The lowest BCUT2D eigenvalue weighted by molar-refractivity contribution is -0.360. The highest BCUT2D eigenvalue weighted by Gasteiger charge is 2.75. The van der Waals surface area contributed by atoms with Crippen LogP contribution in [-0.4, -0.2) is 42.6 Å². The molecule has 5 nitrogen and oxygen atoms in total. The van der Waals surface area contributed by atoms with Crippen molar-refractivity contribution in [3.05, 3.63) is 0 Å². The molecule has 0 radical (unpaired) electrons. The van der Waals surface area contributed by atoms with Crippen molar-refractivity contribution < 1.29 is 48.8 Å². The molecule has 0 aromatic carbocycles. The van der Waals surface area contributed by atoms with Gasteiger partial charge in [0, 0.05) is 5.92 Å². The Morgan fingerprint density at radius 2 is 1.55 bits per heavy atom. The third kappa shape index (κ3) is 4.27. The number of halogens is 6. The molecule has 116 valence electrons. The molecule has 12 heteroatoms. The number of carbonyl (C=O) groups excluding carboxylic acids is 1. The summed E-state index contributed by atoms with van der Waals surface area (Å²) in [5.74, 6) is -2.24. The van der Waals surface area contributed by atoms with Crippen LogP contribution < -0.4 is 0 Å². The van der Waals surface area contributed by atoms with Crippen LogP contribution in [0.3, 0.4) is 0 Å². The minimum absolute atomic E-state index is 0.924. The number of rotatable bonds is 3. The number of hydrogen-bond donors (Lipinski definition) is 1. The van der Waals surface area contributed by atoms with Crippen molar-refractivity contribution in [1.82, 2.24) is 0 Å². The lowest BCUT2D eigenvalue weighted by Crippen LogP contribution is -2.63. The highest BCUT2D eigenvalue weighted by atomic mass is 32.2. The lowest BCUT2D eigenvalue weighted by Gasteiger charge is -2.34. The quantitative estimate of drug-likeness (QED) is 0.278. The van der Waals surface area contributed by atoms with E-state index in [2.05, 4.69) is 4.74 Å². The molecular formula is C8H6F6O5S. The van der Waals surface area contributed by atoms with Gasteiger partial charge in [-0.3, -0.25) is 4.55 Å². The Morgan fingerprint density at radius 1 is 1.15 bits per heavy atom. The highest BCUT2D eigenvalue weighted by Crippen LogP contribution is 2.46. The van der Waals surface area contributed by atoms with E-state index >= 15 is 0 Å². The molecule has 0 aliphatic carbocycles. The van der Waals surface area contributed by atoms with E-state index in [4.69, 9.17) is 4.55 Å². The summed E-state index contributed by atoms with van der Waals surface area (Å²) in [6, 6.07) is 0. The molecule has 0 saturated heterocycles. The Labute approximate surface area is 108 Å². The Hall–Kier alpha value is -1.48. The van der Waals surface area contributed by atoms with Crippen molar-refractivity contribution in [3.8, 4) is 11.8 Å². The van der Waals surface area contributed by atoms with Gasteiger partial charge in [-0.2, -0.15) is 34.8 Å². The second-order valence-electron chi connectivity index (χ2n) is 3.31. The summed E-state index contributed by atoms with van der Waals surface area (Å²) >= 11 is 0. The average molecular weight is 328 g/mol. The lowest BCUT2D eigenvalue weighted by atomic mass is 10.1. The maximum absolute atomic E-state index is 12.6. The Bertz CT molecular complexity index is 520. The molecule has 0 aromatic heterocycles. The van der Waals surface area contributed by atoms with Gasteiger partial charge in [0.05, 0.1) is 0 Å². The zero-order valence-electron chi connectivity index (χ0n) is 9.46. The predicted molar refractivity (Wildman–Crippen MR) is 50.8 cm³/mol. The fourth-order valence-corrected chi connectivity index (χ4v) is 1.91. The minimum atomic E-state index is -6.34. The zero-order valence-corrected chi connectivity index (χ0v) is 10.3. The van der Waals surface area contributed by atoms with Gasteiger partial charge in [0.25, 0.3) is 10.1 Å². The third-order valence-corrected chi connectivity index (χ3v) is 2.57. The average Bonchev–Trinajstić information content (AvgIpc) is 2.10. The molecule has 0 aromatic rings. The van der Waals surface area contributed by atoms with Crippen LogP contribution in [0.15, 0.2) is 0 Å². The normalized spacial score (nSPS) is 13.4. The number of hydrogen-bond acceptors (Lipinski definition) is 4. The van der Waals surface area contributed by atoms with Crippen molar-refractivity contribution in [2.24, 2.45) is 0 Å². The van der Waals surface area contributed by atoms with Gasteiger partial charge >= 0.3 is 23.9 Å². The Balaban J connectivity index is 6.07. The van der Waals surface area contributed by atoms with Crippen LogP contribution in [0.2, 0.25) is 0 Å². The van der Waals surface area contributed by atoms with Gasteiger partial charge < -0.3 is 4.74 Å². The monoisotopic (exact) mass is 328 g/mol. The number of alkyl halides is 6. The van der Waals surface area contributed by atoms with Crippen LogP contribution in [0.5, 0.6) is 0 Å². The molecule has 0 saturated carbocycles. The maximum Gasteiger partial charge on any atom is 0.438 e. The largest absolute Gasteiger partial charge is 0.438 e. The van der Waals surface area contributed by atoms with E-state index < -0.39 is 39.8 Å². The molecule has 0 aliphatic rings. The predicted octanol–water partition coefficient (Wildman–Crippen LogP) is 1.30. The van der Waals surface area contributed by atoms with E-state index in [0.717, 1.165) is 6.92 Å². The Morgan fingerprint density at radius 3 is 1.80 bits per heavy atom. The van der Waals surface area contributed by atoms with Crippen molar-refractivity contribution in [1.29, 1.82) is 0 Å². The first kappa shape index (κ1) is 18.5. The third-order valence-electron chi connectivity index (χ3n) is 1.80. The fraction of sp³-hybridized carbons (Fsp3) is 0.625. The molecule has 1 N–H and O–H groups in total. The van der Waals surface area contributed by atoms with Crippen LogP contribution >= 0.6 is 0 Å². The number of ether oxygens (including phenoxy) is 1. The van der Waals surface area contributed by atoms with Crippen LogP contribution in [0.4, 0.5) is 26.3 Å². The summed E-state index contributed by atoms with van der Waals surface area (Å²) in [4.78, 5) is 10.8.